The van der Waals surface area contributed by atoms with Crippen molar-refractivity contribution in [2.75, 3.05) is 31.2 Å². The zero-order chi connectivity index (χ0) is 17.0. The Morgan fingerprint density at radius 3 is 2.57 bits per heavy atom. The Bertz CT molecular complexity index is 579. The van der Waals surface area contributed by atoms with E-state index >= 15 is 0 Å². The average Bonchev–Trinajstić information content (AvgIpc) is 2.86. The maximum Gasteiger partial charge on any atom is 0.426 e. The number of hydrogen-bond donors (Lipinski definition) is 2. The SMILES string of the molecule is Bc1cc(N2CCOCC2)c(C(=O)NNC(=O)OC(C)(C)C)s1. The van der Waals surface area contributed by atoms with E-state index in [-0.39, 0.29) is 5.91 Å². The van der Waals surface area contributed by atoms with Crippen molar-refractivity contribution in [1.29, 1.82) is 0 Å². The van der Waals surface area contributed by atoms with Gasteiger partial charge in [0.25, 0.3) is 5.91 Å². The van der Waals surface area contributed by atoms with E-state index in [1.165, 1.54) is 11.3 Å². The summed E-state index contributed by atoms with van der Waals surface area (Å²) in [4.78, 5) is 26.7. The molecule has 0 unspecified atom stereocenters. The Morgan fingerprint density at radius 1 is 1.30 bits per heavy atom. The van der Waals surface area contributed by atoms with E-state index in [0.29, 0.717) is 18.1 Å². The molecule has 0 saturated carbocycles. The number of ether oxygens (including phenoxy) is 2. The van der Waals surface area contributed by atoms with Crippen LogP contribution in [-0.2, 0) is 9.47 Å². The van der Waals surface area contributed by atoms with Gasteiger partial charge in [-0.15, -0.1) is 11.3 Å². The number of thiophene rings is 1. The minimum atomic E-state index is -0.688. The zero-order valence-corrected chi connectivity index (χ0v) is 14.7. The molecule has 1 saturated heterocycles. The lowest BCUT2D eigenvalue weighted by Gasteiger charge is -2.28. The first-order chi connectivity index (χ1) is 10.8. The van der Waals surface area contributed by atoms with Crippen LogP contribution in [0.1, 0.15) is 30.4 Å². The summed E-state index contributed by atoms with van der Waals surface area (Å²) in [6, 6.07) is 1.98. The summed E-state index contributed by atoms with van der Waals surface area (Å²) in [6.07, 6.45) is -0.688. The summed E-state index contributed by atoms with van der Waals surface area (Å²) < 4.78 is 11.5. The molecule has 2 rings (SSSR count). The molecule has 0 spiro atoms. The first kappa shape index (κ1) is 17.6. The van der Waals surface area contributed by atoms with Gasteiger partial charge >= 0.3 is 6.09 Å². The monoisotopic (exact) mass is 339 g/mol. The molecule has 7 nitrogen and oxygen atoms in total. The van der Waals surface area contributed by atoms with Gasteiger partial charge in [0.15, 0.2) is 7.85 Å². The fraction of sp³-hybridized carbons (Fsp3) is 0.571. The molecule has 0 bridgehead atoms. The van der Waals surface area contributed by atoms with Crippen molar-refractivity contribution in [3.05, 3.63) is 10.9 Å². The third-order valence-corrected chi connectivity index (χ3v) is 4.11. The molecule has 126 valence electrons. The highest BCUT2D eigenvalue weighted by Crippen LogP contribution is 2.25. The van der Waals surface area contributed by atoms with Crippen LogP contribution in [-0.4, -0.2) is 51.8 Å². The molecular formula is C14H22BN3O4S. The predicted molar refractivity (Wildman–Crippen MR) is 92.4 cm³/mol. The molecule has 1 aromatic heterocycles. The average molecular weight is 339 g/mol. The van der Waals surface area contributed by atoms with Crippen LogP contribution in [0.25, 0.3) is 0 Å². The summed E-state index contributed by atoms with van der Waals surface area (Å²) in [6.45, 7) is 8.05. The van der Waals surface area contributed by atoms with Gasteiger partial charge < -0.3 is 14.4 Å². The van der Waals surface area contributed by atoms with Gasteiger partial charge in [0.2, 0.25) is 0 Å². The number of carbonyl (C=O) groups excluding carboxylic acids is 2. The normalized spacial score (nSPS) is 15.2. The molecule has 2 N–H and O–H groups in total. The number of hydrogen-bond acceptors (Lipinski definition) is 6. The van der Waals surface area contributed by atoms with Crippen molar-refractivity contribution in [1.82, 2.24) is 10.9 Å². The second kappa shape index (κ2) is 7.22. The van der Waals surface area contributed by atoms with Gasteiger partial charge in [-0.05, 0) is 31.6 Å². The molecular weight excluding hydrogens is 317 g/mol. The molecule has 23 heavy (non-hydrogen) atoms. The predicted octanol–water partition coefficient (Wildman–Crippen LogP) is 0.0126. The second-order valence-corrected chi connectivity index (χ2v) is 7.51. The number of nitrogens with zero attached hydrogens (tertiary/aromatic N) is 1. The minimum Gasteiger partial charge on any atom is -0.443 e. The first-order valence-corrected chi connectivity index (χ1v) is 8.30. The first-order valence-electron chi connectivity index (χ1n) is 7.49. The molecule has 0 aromatic carbocycles. The molecule has 1 fully saturated rings. The molecule has 1 aliphatic heterocycles. The van der Waals surface area contributed by atoms with Gasteiger partial charge in [-0.2, -0.15) is 0 Å². The Hall–Kier alpha value is -1.74. The molecule has 2 heterocycles. The van der Waals surface area contributed by atoms with Gasteiger partial charge in [0.1, 0.15) is 10.5 Å². The number of morpholine rings is 1. The summed E-state index contributed by atoms with van der Waals surface area (Å²) in [7, 11) is 1.95. The smallest absolute Gasteiger partial charge is 0.426 e. The third-order valence-electron chi connectivity index (χ3n) is 3.07. The van der Waals surface area contributed by atoms with Gasteiger partial charge in [0.05, 0.1) is 18.9 Å². The number of rotatable bonds is 2. The van der Waals surface area contributed by atoms with E-state index in [0.717, 1.165) is 23.6 Å². The third kappa shape index (κ3) is 5.14. The standard InChI is InChI=1S/C14H22BN3O4S/c1-14(2,3)22-13(20)17-16-12(19)11-9(8-10(15)23-11)18-4-6-21-7-5-18/h8H,4-7,15H2,1-3H3,(H,16,19)(H,17,20). The highest BCUT2D eigenvalue weighted by Gasteiger charge is 2.22. The van der Waals surface area contributed by atoms with Crippen LogP contribution in [0.3, 0.4) is 0 Å². The summed E-state index contributed by atoms with van der Waals surface area (Å²) in [5, 5.41) is 0. The van der Waals surface area contributed by atoms with Crippen LogP contribution < -0.4 is 20.5 Å². The van der Waals surface area contributed by atoms with Crippen LogP contribution >= 0.6 is 11.3 Å². The molecule has 1 aliphatic rings. The second-order valence-electron chi connectivity index (χ2n) is 6.25. The van der Waals surface area contributed by atoms with Gasteiger partial charge in [0, 0.05) is 13.1 Å². The molecule has 0 atom stereocenters. The van der Waals surface area contributed by atoms with Gasteiger partial charge in [-0.3, -0.25) is 10.2 Å². The van der Waals surface area contributed by atoms with Crippen LogP contribution in [0.5, 0.6) is 0 Å². The van der Waals surface area contributed by atoms with Gasteiger partial charge in [-0.1, -0.05) is 0 Å². The summed E-state index contributed by atoms with van der Waals surface area (Å²) in [5.74, 6) is -0.351. The quantitative estimate of drug-likeness (QED) is 0.586. The largest absolute Gasteiger partial charge is 0.443 e. The minimum absolute atomic E-state index is 0.351. The highest BCUT2D eigenvalue weighted by molar-refractivity contribution is 7.22. The number of anilines is 1. The van der Waals surface area contributed by atoms with Crippen molar-refractivity contribution in [3.8, 4) is 0 Å². The highest BCUT2D eigenvalue weighted by atomic mass is 32.1. The van der Waals surface area contributed by atoms with Gasteiger partial charge in [-0.25, -0.2) is 10.2 Å². The fourth-order valence-corrected chi connectivity index (χ4v) is 3.10. The van der Waals surface area contributed by atoms with Crippen LogP contribution in [0, 0.1) is 0 Å². The molecule has 0 radical (unpaired) electrons. The number of carbonyl (C=O) groups is 2. The maximum absolute atomic E-state index is 12.4. The number of nitrogens with one attached hydrogen (secondary N) is 2. The lowest BCUT2D eigenvalue weighted by atomic mass is 10.1. The Balaban J connectivity index is 2.00. The van der Waals surface area contributed by atoms with Crippen molar-refractivity contribution >= 4 is 41.6 Å². The van der Waals surface area contributed by atoms with Crippen LogP contribution in [0.15, 0.2) is 6.07 Å². The van der Waals surface area contributed by atoms with E-state index < -0.39 is 11.7 Å². The van der Waals surface area contributed by atoms with E-state index in [9.17, 15) is 9.59 Å². The number of amides is 2. The van der Waals surface area contributed by atoms with Crippen molar-refractivity contribution in [2.45, 2.75) is 26.4 Å². The fourth-order valence-electron chi connectivity index (χ4n) is 2.17. The summed E-state index contributed by atoms with van der Waals surface area (Å²) >= 11 is 1.39. The maximum atomic E-state index is 12.4. The lowest BCUT2D eigenvalue weighted by molar-refractivity contribution is 0.0484. The molecule has 9 heteroatoms. The molecule has 1 aromatic rings. The van der Waals surface area contributed by atoms with E-state index in [4.69, 9.17) is 9.47 Å². The van der Waals surface area contributed by atoms with E-state index in [1.807, 2.05) is 13.9 Å². The summed E-state index contributed by atoms with van der Waals surface area (Å²) in [5.41, 5.74) is 4.94. The Kier molecular flexibility index (Phi) is 5.53. The Morgan fingerprint density at radius 2 is 1.96 bits per heavy atom. The van der Waals surface area contributed by atoms with E-state index in [2.05, 4.69) is 15.8 Å². The Labute approximate surface area is 140 Å². The van der Waals surface area contributed by atoms with Crippen LogP contribution in [0.4, 0.5) is 10.5 Å². The molecule has 0 aliphatic carbocycles. The topological polar surface area (TPSA) is 79.9 Å². The van der Waals surface area contributed by atoms with E-state index in [1.54, 1.807) is 20.8 Å². The van der Waals surface area contributed by atoms with Crippen molar-refractivity contribution in [3.63, 3.8) is 0 Å². The lowest BCUT2D eigenvalue weighted by Crippen LogP contribution is -2.44. The van der Waals surface area contributed by atoms with Crippen molar-refractivity contribution < 1.29 is 19.1 Å². The molecule has 2 amide bonds. The number of hydrazine groups is 1. The van der Waals surface area contributed by atoms with Crippen LogP contribution in [0.2, 0.25) is 0 Å². The zero-order valence-electron chi connectivity index (χ0n) is 13.9. The van der Waals surface area contributed by atoms with Crippen molar-refractivity contribution in [2.24, 2.45) is 0 Å².